The third-order valence-electron chi connectivity index (χ3n) is 5.91. The zero-order valence-corrected chi connectivity index (χ0v) is 21.7. The Morgan fingerprint density at radius 1 is 1.19 bits per heavy atom. The number of amides is 1. The molecule has 0 fully saturated rings. The lowest BCUT2D eigenvalue weighted by Crippen LogP contribution is -2.29. The average molecular weight is 502 g/mol. The van der Waals surface area contributed by atoms with Crippen LogP contribution in [-0.4, -0.2) is 76.7 Å². The summed E-state index contributed by atoms with van der Waals surface area (Å²) >= 11 is 0. The predicted molar refractivity (Wildman–Crippen MR) is 146 cm³/mol. The smallest absolute Gasteiger partial charge is 0.247 e. The van der Waals surface area contributed by atoms with Crippen molar-refractivity contribution in [1.82, 2.24) is 29.4 Å². The SMILES string of the molecule is C=CC(=O)Nc1cc(Nc2ncnc(-c3cn(C)c4cnccc34)n2)c(OC)cc1N(C)CCN(C)C. The van der Waals surface area contributed by atoms with Gasteiger partial charge in [-0.1, -0.05) is 6.58 Å². The van der Waals surface area contributed by atoms with Crippen molar-refractivity contribution in [2.45, 2.75) is 0 Å². The minimum atomic E-state index is -0.314. The number of carbonyl (C=O) groups is 1. The number of hydrogen-bond donors (Lipinski definition) is 2. The minimum absolute atomic E-state index is 0.314. The van der Waals surface area contributed by atoms with Crippen LogP contribution in [0.1, 0.15) is 0 Å². The molecule has 11 nitrogen and oxygen atoms in total. The molecule has 11 heteroatoms. The van der Waals surface area contributed by atoms with E-state index in [1.807, 2.05) is 51.1 Å². The van der Waals surface area contributed by atoms with Crippen LogP contribution in [0.4, 0.5) is 23.0 Å². The Morgan fingerprint density at radius 3 is 2.73 bits per heavy atom. The van der Waals surface area contributed by atoms with Crippen molar-refractivity contribution in [3.63, 3.8) is 0 Å². The molecule has 0 atom stereocenters. The topological polar surface area (TPSA) is 113 Å². The van der Waals surface area contributed by atoms with Crippen LogP contribution >= 0.6 is 0 Å². The number of ether oxygens (including phenoxy) is 1. The first-order valence-corrected chi connectivity index (χ1v) is 11.7. The highest BCUT2D eigenvalue weighted by atomic mass is 16.5. The molecule has 0 saturated heterocycles. The average Bonchev–Trinajstić information content (AvgIpc) is 3.24. The van der Waals surface area contributed by atoms with Crippen LogP contribution in [0.2, 0.25) is 0 Å². The number of hydrogen-bond acceptors (Lipinski definition) is 9. The quantitative estimate of drug-likeness (QED) is 0.316. The molecule has 0 aliphatic heterocycles. The third kappa shape index (κ3) is 5.67. The number of fused-ring (bicyclic) bond motifs is 1. The van der Waals surface area contributed by atoms with Gasteiger partial charge in [0.2, 0.25) is 11.9 Å². The van der Waals surface area contributed by atoms with E-state index >= 15 is 0 Å². The van der Waals surface area contributed by atoms with E-state index in [1.165, 1.54) is 12.4 Å². The maximum absolute atomic E-state index is 12.2. The maximum atomic E-state index is 12.2. The van der Waals surface area contributed by atoms with E-state index in [4.69, 9.17) is 4.74 Å². The van der Waals surface area contributed by atoms with Crippen molar-refractivity contribution in [1.29, 1.82) is 0 Å². The van der Waals surface area contributed by atoms with Crippen LogP contribution in [0.5, 0.6) is 5.75 Å². The molecule has 0 aliphatic carbocycles. The molecule has 4 aromatic rings. The van der Waals surface area contributed by atoms with Gasteiger partial charge in [0.05, 0.1) is 35.9 Å². The first kappa shape index (κ1) is 25.6. The Labute approximate surface area is 215 Å². The molecule has 0 saturated carbocycles. The molecule has 3 aromatic heterocycles. The van der Waals surface area contributed by atoms with Gasteiger partial charge in [-0.05, 0) is 32.3 Å². The molecule has 192 valence electrons. The van der Waals surface area contributed by atoms with E-state index in [2.05, 4.69) is 46.9 Å². The van der Waals surface area contributed by atoms with Gasteiger partial charge in [-0.3, -0.25) is 9.78 Å². The van der Waals surface area contributed by atoms with Gasteiger partial charge < -0.3 is 29.7 Å². The monoisotopic (exact) mass is 501 g/mol. The molecular weight excluding hydrogens is 470 g/mol. The molecule has 0 unspecified atom stereocenters. The lowest BCUT2D eigenvalue weighted by molar-refractivity contribution is -0.111. The van der Waals surface area contributed by atoms with Gasteiger partial charge in [0.15, 0.2) is 5.82 Å². The summed E-state index contributed by atoms with van der Waals surface area (Å²) in [4.78, 5) is 33.9. The molecule has 1 amide bonds. The number of methoxy groups -OCH3 is 1. The summed E-state index contributed by atoms with van der Waals surface area (Å²) in [7, 11) is 9.54. The Morgan fingerprint density at radius 2 is 2.00 bits per heavy atom. The van der Waals surface area contributed by atoms with Gasteiger partial charge in [0.25, 0.3) is 0 Å². The Kier molecular flexibility index (Phi) is 7.63. The summed E-state index contributed by atoms with van der Waals surface area (Å²) in [5.41, 5.74) is 3.84. The first-order chi connectivity index (χ1) is 17.8. The first-order valence-electron chi connectivity index (χ1n) is 11.7. The van der Waals surface area contributed by atoms with Gasteiger partial charge in [-0.2, -0.15) is 4.98 Å². The van der Waals surface area contributed by atoms with Crippen LogP contribution in [0, 0.1) is 0 Å². The summed E-state index contributed by atoms with van der Waals surface area (Å²) in [5.74, 6) is 1.12. The second kappa shape index (κ2) is 11.0. The van der Waals surface area contributed by atoms with Crippen molar-refractivity contribution in [2.75, 3.05) is 56.9 Å². The number of anilines is 4. The fourth-order valence-electron chi connectivity index (χ4n) is 3.92. The molecule has 3 heterocycles. The van der Waals surface area contributed by atoms with Gasteiger partial charge in [0.1, 0.15) is 12.1 Å². The highest BCUT2D eigenvalue weighted by Crippen LogP contribution is 2.38. The van der Waals surface area contributed by atoms with Crippen LogP contribution in [0.3, 0.4) is 0 Å². The fraction of sp³-hybridized carbons (Fsp3) is 0.269. The van der Waals surface area contributed by atoms with Crippen LogP contribution < -0.4 is 20.3 Å². The summed E-state index contributed by atoms with van der Waals surface area (Å²) in [6.45, 7) is 5.16. The van der Waals surface area contributed by atoms with E-state index in [1.54, 1.807) is 25.6 Å². The zero-order chi connectivity index (χ0) is 26.5. The third-order valence-corrected chi connectivity index (χ3v) is 5.91. The Balaban J connectivity index is 1.71. The molecule has 0 aliphatic rings. The fourth-order valence-corrected chi connectivity index (χ4v) is 3.92. The van der Waals surface area contributed by atoms with Crippen LogP contribution in [0.15, 0.2) is 55.8 Å². The maximum Gasteiger partial charge on any atom is 0.247 e. The molecule has 2 N–H and O–H groups in total. The lowest BCUT2D eigenvalue weighted by Gasteiger charge is -2.25. The largest absolute Gasteiger partial charge is 0.494 e. The summed E-state index contributed by atoms with van der Waals surface area (Å²) < 4.78 is 7.67. The molecule has 4 rings (SSSR count). The van der Waals surface area contributed by atoms with Crippen molar-refractivity contribution in [3.8, 4) is 17.1 Å². The van der Waals surface area contributed by atoms with E-state index in [0.29, 0.717) is 28.9 Å². The second-order valence-corrected chi connectivity index (χ2v) is 8.79. The van der Waals surface area contributed by atoms with Crippen molar-refractivity contribution >= 4 is 39.8 Å². The van der Waals surface area contributed by atoms with Gasteiger partial charge >= 0.3 is 0 Å². The Hall–Kier alpha value is -4.51. The normalized spacial score (nSPS) is 11.0. The standard InChI is InChI=1S/C26H31N9O2/c1-7-24(36)30-19-12-20(23(37-6)13-21(19)34(4)11-10-33(2)3)31-26-29-16-28-25(32-26)18-15-35(5)22-14-27-9-8-17(18)22/h7-9,12-16H,1,10-11H2,2-6H3,(H,30,36)(H,28,29,31,32). The number of pyridine rings is 1. The minimum Gasteiger partial charge on any atom is -0.494 e. The molecular formula is C26H31N9O2. The van der Waals surface area contributed by atoms with E-state index in [0.717, 1.165) is 35.2 Å². The number of benzene rings is 1. The van der Waals surface area contributed by atoms with E-state index in [-0.39, 0.29) is 5.91 Å². The summed E-state index contributed by atoms with van der Waals surface area (Å²) in [6.07, 6.45) is 8.21. The number of likely N-dealkylation sites (N-methyl/N-ethyl adjacent to an activating group) is 2. The second-order valence-electron chi connectivity index (χ2n) is 8.79. The van der Waals surface area contributed by atoms with Crippen LogP contribution in [0.25, 0.3) is 22.3 Å². The highest BCUT2D eigenvalue weighted by Gasteiger charge is 2.17. The summed E-state index contributed by atoms with van der Waals surface area (Å²) in [6, 6.07) is 5.61. The van der Waals surface area contributed by atoms with Crippen molar-refractivity contribution in [3.05, 3.63) is 55.8 Å². The molecule has 1 aromatic carbocycles. The Bertz CT molecular complexity index is 1430. The molecule has 0 spiro atoms. The lowest BCUT2D eigenvalue weighted by atomic mass is 10.2. The number of nitrogens with zero attached hydrogens (tertiary/aromatic N) is 7. The molecule has 37 heavy (non-hydrogen) atoms. The van der Waals surface area contributed by atoms with Gasteiger partial charge in [0, 0.05) is 56.6 Å². The summed E-state index contributed by atoms with van der Waals surface area (Å²) in [5, 5.41) is 7.12. The predicted octanol–water partition coefficient (Wildman–Crippen LogP) is 3.30. The molecule has 0 bridgehead atoms. The van der Waals surface area contributed by atoms with Crippen molar-refractivity contribution in [2.24, 2.45) is 7.05 Å². The highest BCUT2D eigenvalue weighted by molar-refractivity contribution is 6.02. The van der Waals surface area contributed by atoms with E-state index in [9.17, 15) is 4.79 Å². The number of rotatable bonds is 10. The number of carbonyl (C=O) groups excluding carboxylic acids is 1. The van der Waals surface area contributed by atoms with Gasteiger partial charge in [-0.25, -0.2) is 9.97 Å². The van der Waals surface area contributed by atoms with Gasteiger partial charge in [-0.15, -0.1) is 0 Å². The van der Waals surface area contributed by atoms with E-state index < -0.39 is 0 Å². The zero-order valence-electron chi connectivity index (χ0n) is 21.7. The van der Waals surface area contributed by atoms with Crippen molar-refractivity contribution < 1.29 is 9.53 Å². The van der Waals surface area contributed by atoms with Crippen LogP contribution in [-0.2, 0) is 11.8 Å². The molecule has 0 radical (unpaired) electrons. The number of nitrogens with one attached hydrogen (secondary N) is 2. The number of aromatic nitrogens is 5. The number of aryl methyl sites for hydroxylation is 1.